The zero-order chi connectivity index (χ0) is 19.2. The van der Waals surface area contributed by atoms with Crippen molar-refractivity contribution in [2.45, 2.75) is 19.5 Å². The Labute approximate surface area is 163 Å². The summed E-state index contributed by atoms with van der Waals surface area (Å²) >= 11 is 1.65. The normalized spacial score (nSPS) is 12.0. The van der Waals surface area contributed by atoms with Gasteiger partial charge in [0.2, 0.25) is 5.91 Å². The van der Waals surface area contributed by atoms with Crippen LogP contribution in [0.2, 0.25) is 0 Å². The highest BCUT2D eigenvalue weighted by atomic mass is 32.1. The number of aromatic nitrogens is 1. The molecule has 5 nitrogen and oxygen atoms in total. The molecule has 1 atom stereocenters. The number of methoxy groups -OCH3 is 1. The molecule has 140 valence electrons. The fourth-order valence-electron chi connectivity index (χ4n) is 2.97. The second-order valence-corrected chi connectivity index (χ2v) is 7.61. The molecule has 0 aliphatic heterocycles. The molecule has 6 heteroatoms. The molecule has 0 bridgehead atoms. The predicted octanol–water partition coefficient (Wildman–Crippen LogP) is 4.27. The Morgan fingerprint density at radius 3 is 2.67 bits per heavy atom. The summed E-state index contributed by atoms with van der Waals surface area (Å²) < 4.78 is 5.24. The van der Waals surface area contributed by atoms with E-state index in [1.165, 1.54) is 0 Å². The van der Waals surface area contributed by atoms with E-state index in [-0.39, 0.29) is 5.91 Å². The molecule has 0 fully saturated rings. The quantitative estimate of drug-likeness (QED) is 0.664. The number of thiazole rings is 1. The van der Waals surface area contributed by atoms with Gasteiger partial charge < -0.3 is 10.1 Å². The Bertz CT molecular complexity index is 895. The van der Waals surface area contributed by atoms with Crippen molar-refractivity contribution in [1.29, 1.82) is 0 Å². The molecule has 0 radical (unpaired) electrons. The number of hydrogen-bond donors (Lipinski definition) is 1. The van der Waals surface area contributed by atoms with Gasteiger partial charge >= 0.3 is 0 Å². The number of carbonyl (C=O) groups is 1. The van der Waals surface area contributed by atoms with E-state index in [0.29, 0.717) is 18.0 Å². The number of benzene rings is 2. The topological polar surface area (TPSA) is 54.5 Å². The van der Waals surface area contributed by atoms with Crippen LogP contribution in [-0.2, 0) is 11.3 Å². The number of likely N-dealkylation sites (N-methyl/N-ethyl adjacent to an activating group) is 1. The second kappa shape index (κ2) is 8.79. The highest BCUT2D eigenvalue weighted by Gasteiger charge is 2.26. The lowest BCUT2D eigenvalue weighted by molar-refractivity contribution is -0.121. The van der Waals surface area contributed by atoms with E-state index in [2.05, 4.69) is 10.3 Å². The molecule has 2 aromatic carbocycles. The van der Waals surface area contributed by atoms with Crippen LogP contribution in [0.15, 0.2) is 60.8 Å². The molecule has 1 N–H and O–H groups in total. The van der Waals surface area contributed by atoms with Gasteiger partial charge in [-0.3, -0.25) is 9.69 Å². The van der Waals surface area contributed by atoms with E-state index in [4.69, 9.17) is 4.74 Å². The Morgan fingerprint density at radius 2 is 2.00 bits per heavy atom. The third kappa shape index (κ3) is 4.93. The number of rotatable bonds is 7. The standard InChI is InChI=1S/C21H23N3O2S/c1-15-22-13-19(27-15)14-24(2)20(16-8-5-4-6-9-16)21(25)23-17-10-7-11-18(12-17)26-3/h4-13,20H,14H2,1-3H3,(H,23,25). The molecule has 3 rings (SSSR count). The third-order valence-electron chi connectivity index (χ3n) is 4.22. The van der Waals surface area contributed by atoms with Crippen LogP contribution in [0.4, 0.5) is 5.69 Å². The summed E-state index contributed by atoms with van der Waals surface area (Å²) in [6, 6.07) is 16.8. The highest BCUT2D eigenvalue weighted by molar-refractivity contribution is 7.11. The van der Waals surface area contributed by atoms with Crippen LogP contribution in [0.25, 0.3) is 0 Å². The van der Waals surface area contributed by atoms with Crippen molar-refractivity contribution < 1.29 is 9.53 Å². The summed E-state index contributed by atoms with van der Waals surface area (Å²) in [5, 5.41) is 4.04. The van der Waals surface area contributed by atoms with Gasteiger partial charge in [0.05, 0.1) is 12.1 Å². The second-order valence-electron chi connectivity index (χ2n) is 6.30. The van der Waals surface area contributed by atoms with Crippen molar-refractivity contribution in [2.75, 3.05) is 19.5 Å². The molecule has 1 amide bonds. The molecular weight excluding hydrogens is 358 g/mol. The molecule has 0 aliphatic rings. The lowest BCUT2D eigenvalue weighted by Gasteiger charge is -2.27. The van der Waals surface area contributed by atoms with E-state index in [0.717, 1.165) is 15.4 Å². The van der Waals surface area contributed by atoms with Crippen LogP contribution < -0.4 is 10.1 Å². The smallest absolute Gasteiger partial charge is 0.246 e. The van der Waals surface area contributed by atoms with Crippen LogP contribution in [0.3, 0.4) is 0 Å². The summed E-state index contributed by atoms with van der Waals surface area (Å²) in [6.45, 7) is 2.63. The summed E-state index contributed by atoms with van der Waals surface area (Å²) in [5.74, 6) is 0.621. The maximum Gasteiger partial charge on any atom is 0.246 e. The number of nitrogens with one attached hydrogen (secondary N) is 1. The van der Waals surface area contributed by atoms with Crippen LogP contribution >= 0.6 is 11.3 Å². The van der Waals surface area contributed by atoms with Gasteiger partial charge in [-0.05, 0) is 31.7 Å². The molecule has 0 saturated heterocycles. The minimum absolute atomic E-state index is 0.0850. The van der Waals surface area contributed by atoms with Gasteiger partial charge in [-0.1, -0.05) is 36.4 Å². The molecule has 1 unspecified atom stereocenters. The van der Waals surface area contributed by atoms with Crippen molar-refractivity contribution in [3.8, 4) is 5.75 Å². The van der Waals surface area contributed by atoms with Crippen LogP contribution in [-0.4, -0.2) is 29.9 Å². The van der Waals surface area contributed by atoms with E-state index in [1.54, 1.807) is 18.4 Å². The van der Waals surface area contributed by atoms with Gasteiger partial charge in [0.15, 0.2) is 0 Å². The van der Waals surface area contributed by atoms with Crippen molar-refractivity contribution in [1.82, 2.24) is 9.88 Å². The fourth-order valence-corrected chi connectivity index (χ4v) is 3.83. The molecule has 27 heavy (non-hydrogen) atoms. The first-order valence-electron chi connectivity index (χ1n) is 8.68. The molecule has 1 heterocycles. The van der Waals surface area contributed by atoms with E-state index < -0.39 is 6.04 Å². The maximum absolute atomic E-state index is 13.1. The number of hydrogen-bond acceptors (Lipinski definition) is 5. The summed E-state index contributed by atoms with van der Waals surface area (Å²) in [6.07, 6.45) is 1.87. The molecule has 0 aliphatic carbocycles. The number of aryl methyl sites for hydroxylation is 1. The van der Waals surface area contributed by atoms with Crippen molar-refractivity contribution in [3.63, 3.8) is 0 Å². The Balaban J connectivity index is 1.83. The first kappa shape index (κ1) is 19.1. The van der Waals surface area contributed by atoms with E-state index >= 15 is 0 Å². The van der Waals surface area contributed by atoms with Gasteiger partial charge in [-0.25, -0.2) is 4.98 Å². The van der Waals surface area contributed by atoms with Gasteiger partial charge in [0, 0.05) is 29.4 Å². The number of carbonyl (C=O) groups excluding carboxylic acids is 1. The Morgan fingerprint density at radius 1 is 1.22 bits per heavy atom. The van der Waals surface area contributed by atoms with Crippen molar-refractivity contribution in [2.24, 2.45) is 0 Å². The summed E-state index contributed by atoms with van der Waals surface area (Å²) in [4.78, 5) is 20.6. The molecule has 1 aromatic heterocycles. The molecule has 3 aromatic rings. The fraction of sp³-hybridized carbons (Fsp3) is 0.238. The average molecular weight is 382 g/mol. The molecular formula is C21H23N3O2S. The number of nitrogens with zero attached hydrogens (tertiary/aromatic N) is 2. The van der Waals surface area contributed by atoms with Crippen LogP contribution in [0, 0.1) is 6.92 Å². The molecule has 0 spiro atoms. The van der Waals surface area contributed by atoms with Crippen LogP contribution in [0.1, 0.15) is 21.5 Å². The number of amides is 1. The predicted molar refractivity (Wildman–Crippen MR) is 109 cm³/mol. The lowest BCUT2D eigenvalue weighted by Crippen LogP contribution is -2.34. The Hall–Kier alpha value is -2.70. The minimum atomic E-state index is -0.417. The zero-order valence-electron chi connectivity index (χ0n) is 15.7. The highest BCUT2D eigenvalue weighted by Crippen LogP contribution is 2.26. The average Bonchev–Trinajstić information content (AvgIpc) is 3.07. The zero-order valence-corrected chi connectivity index (χ0v) is 16.5. The van der Waals surface area contributed by atoms with Crippen molar-refractivity contribution in [3.05, 3.63) is 76.2 Å². The first-order chi connectivity index (χ1) is 13.1. The van der Waals surface area contributed by atoms with E-state index in [1.807, 2.05) is 79.7 Å². The van der Waals surface area contributed by atoms with Gasteiger partial charge in [-0.15, -0.1) is 11.3 Å². The largest absolute Gasteiger partial charge is 0.497 e. The number of ether oxygens (including phenoxy) is 1. The van der Waals surface area contributed by atoms with Gasteiger partial charge in [-0.2, -0.15) is 0 Å². The van der Waals surface area contributed by atoms with Crippen molar-refractivity contribution >= 4 is 22.9 Å². The monoisotopic (exact) mass is 381 g/mol. The summed E-state index contributed by atoms with van der Waals surface area (Å²) in [5.41, 5.74) is 1.66. The van der Waals surface area contributed by atoms with Gasteiger partial charge in [0.25, 0.3) is 0 Å². The third-order valence-corrected chi connectivity index (χ3v) is 5.11. The van der Waals surface area contributed by atoms with Crippen LogP contribution in [0.5, 0.6) is 5.75 Å². The summed E-state index contributed by atoms with van der Waals surface area (Å²) in [7, 11) is 3.57. The number of anilines is 1. The SMILES string of the molecule is COc1cccc(NC(=O)C(c2ccccc2)N(C)Cc2cnc(C)s2)c1. The minimum Gasteiger partial charge on any atom is -0.497 e. The first-order valence-corrected chi connectivity index (χ1v) is 9.50. The maximum atomic E-state index is 13.1. The van der Waals surface area contributed by atoms with Gasteiger partial charge in [0.1, 0.15) is 11.8 Å². The Kier molecular flexibility index (Phi) is 6.21. The lowest BCUT2D eigenvalue weighted by atomic mass is 10.0. The van der Waals surface area contributed by atoms with E-state index in [9.17, 15) is 4.79 Å². The molecule has 0 saturated carbocycles.